The lowest BCUT2D eigenvalue weighted by atomic mass is 9.97. The van der Waals surface area contributed by atoms with Gasteiger partial charge in [0.25, 0.3) is 5.24 Å². The Morgan fingerprint density at radius 2 is 1.85 bits per heavy atom. The van der Waals surface area contributed by atoms with Crippen LogP contribution in [0.25, 0.3) is 0 Å². The number of nitrogens with zero attached hydrogens (tertiary/aromatic N) is 1. The van der Waals surface area contributed by atoms with Crippen LogP contribution in [-0.4, -0.2) is 50.8 Å². The molecule has 170 valence electrons. The van der Waals surface area contributed by atoms with Crippen molar-refractivity contribution in [1.82, 2.24) is 4.90 Å². The average molecular weight is 485 g/mol. The summed E-state index contributed by atoms with van der Waals surface area (Å²) in [5.41, 5.74) is 2.75. The molecule has 0 aliphatic carbocycles. The van der Waals surface area contributed by atoms with E-state index in [0.29, 0.717) is 29.2 Å². The van der Waals surface area contributed by atoms with Gasteiger partial charge in [-0.3, -0.25) is 24.1 Å². The lowest BCUT2D eigenvalue weighted by Crippen LogP contribution is -2.28. The zero-order chi connectivity index (χ0) is 23.1. The summed E-state index contributed by atoms with van der Waals surface area (Å²) < 4.78 is 10.8. The maximum absolute atomic E-state index is 13.1. The summed E-state index contributed by atoms with van der Waals surface area (Å²) in [5.74, 6) is 0.899. The molecule has 3 aliphatic rings. The van der Waals surface area contributed by atoms with E-state index in [0.717, 1.165) is 22.9 Å². The molecule has 8 nitrogen and oxygen atoms in total. The van der Waals surface area contributed by atoms with E-state index in [2.05, 4.69) is 5.32 Å². The van der Waals surface area contributed by atoms with Crippen molar-refractivity contribution in [3.63, 3.8) is 0 Å². The molecule has 0 unspecified atom stereocenters. The Morgan fingerprint density at radius 3 is 2.55 bits per heavy atom. The molecule has 0 radical (unpaired) electrons. The zero-order valence-corrected chi connectivity index (χ0v) is 19.3. The first-order valence-electron chi connectivity index (χ1n) is 10.4. The number of hydrogen-bond acceptors (Lipinski definition) is 8. The van der Waals surface area contributed by atoms with Gasteiger partial charge < -0.3 is 14.8 Å². The maximum Gasteiger partial charge on any atom is 0.289 e. The number of imide groups is 1. The number of rotatable bonds is 4. The van der Waals surface area contributed by atoms with E-state index in [1.807, 2.05) is 0 Å². The van der Waals surface area contributed by atoms with Crippen LogP contribution in [0.4, 0.5) is 10.5 Å². The Morgan fingerprint density at radius 1 is 1.12 bits per heavy atom. The molecule has 0 aromatic heterocycles. The fraction of sp³-hybridized carbons (Fsp3) is 0.304. The summed E-state index contributed by atoms with van der Waals surface area (Å²) in [4.78, 5) is 50.7. The van der Waals surface area contributed by atoms with E-state index < -0.39 is 5.25 Å². The van der Waals surface area contributed by atoms with Gasteiger partial charge >= 0.3 is 0 Å². The Bertz CT molecular complexity index is 1150. The summed E-state index contributed by atoms with van der Waals surface area (Å²) in [6, 6.07) is 10.6. The fourth-order valence-electron chi connectivity index (χ4n) is 3.94. The molecule has 10 heteroatoms. The van der Waals surface area contributed by atoms with Crippen molar-refractivity contribution in [2.45, 2.75) is 30.4 Å². The van der Waals surface area contributed by atoms with E-state index in [-0.39, 0.29) is 47.2 Å². The van der Waals surface area contributed by atoms with Gasteiger partial charge in [-0.15, -0.1) is 11.8 Å². The van der Waals surface area contributed by atoms with Crippen LogP contribution >= 0.6 is 23.5 Å². The Hall–Kier alpha value is -2.98. The number of amides is 3. The minimum atomic E-state index is -0.456. The molecular weight excluding hydrogens is 464 g/mol. The number of carbonyl (C=O) groups excluding carboxylic acids is 4. The molecule has 2 atom stereocenters. The molecule has 3 aliphatic heterocycles. The second-order valence-corrected chi connectivity index (χ2v) is 10.4. The number of ether oxygens (including phenoxy) is 2. The molecule has 3 amide bonds. The monoisotopic (exact) mass is 484 g/mol. The lowest BCUT2D eigenvalue weighted by molar-refractivity contribution is -0.125. The fourth-order valence-corrected chi connectivity index (χ4v) is 5.87. The minimum Gasteiger partial charge on any atom is -0.454 e. The highest BCUT2D eigenvalue weighted by Gasteiger charge is 2.34. The molecule has 33 heavy (non-hydrogen) atoms. The third-order valence-electron chi connectivity index (χ3n) is 5.70. The molecule has 5 rings (SSSR count). The molecule has 1 N–H and O–H groups in total. The second kappa shape index (κ2) is 8.75. The van der Waals surface area contributed by atoms with Crippen molar-refractivity contribution < 1.29 is 28.7 Å². The summed E-state index contributed by atoms with van der Waals surface area (Å²) in [6.07, 6.45) is 0.396. The van der Waals surface area contributed by atoms with E-state index in [1.54, 1.807) is 43.3 Å². The number of Topliss-reactive ketones (excluding diaryl/α,β-unsaturated/α-hetero) is 1. The molecule has 1 saturated heterocycles. The third kappa shape index (κ3) is 4.32. The lowest BCUT2D eigenvalue weighted by Gasteiger charge is -2.17. The zero-order valence-electron chi connectivity index (χ0n) is 17.7. The van der Waals surface area contributed by atoms with Gasteiger partial charge in [0.1, 0.15) is 0 Å². The quantitative estimate of drug-likeness (QED) is 0.704. The highest BCUT2D eigenvalue weighted by atomic mass is 32.2. The van der Waals surface area contributed by atoms with Gasteiger partial charge in [-0.1, -0.05) is 23.9 Å². The molecule has 2 aromatic carbocycles. The topological polar surface area (TPSA) is 102 Å². The van der Waals surface area contributed by atoms with Gasteiger partial charge in [0.2, 0.25) is 18.6 Å². The standard InChI is InChI=1S/C23H20N2O6S2/c1-12-21(27)16-8-18-17(30-11-31-18)6-14(16)7-19(33-12)22(28)24-15-4-2-13(3-5-15)9-25-20(26)10-32-23(25)29/h2-6,8,12,19H,7,9-11H2,1H3,(H,24,28)/t12-,19+/m0/s1. The first-order valence-corrected chi connectivity index (χ1v) is 12.3. The van der Waals surface area contributed by atoms with Crippen LogP contribution in [-0.2, 0) is 22.6 Å². The van der Waals surface area contributed by atoms with Crippen molar-refractivity contribution in [3.8, 4) is 11.5 Å². The molecule has 0 bridgehead atoms. The van der Waals surface area contributed by atoms with Gasteiger partial charge in [0.15, 0.2) is 17.3 Å². The largest absolute Gasteiger partial charge is 0.454 e. The van der Waals surface area contributed by atoms with Crippen molar-refractivity contribution in [1.29, 1.82) is 0 Å². The van der Waals surface area contributed by atoms with Crippen LogP contribution < -0.4 is 14.8 Å². The Balaban J connectivity index is 1.29. The van der Waals surface area contributed by atoms with Crippen LogP contribution in [0.3, 0.4) is 0 Å². The van der Waals surface area contributed by atoms with Gasteiger partial charge in [0.05, 0.1) is 22.8 Å². The average Bonchev–Trinajstić information content (AvgIpc) is 3.36. The van der Waals surface area contributed by atoms with Gasteiger partial charge in [-0.05, 0) is 48.7 Å². The van der Waals surface area contributed by atoms with Crippen molar-refractivity contribution >= 4 is 52.0 Å². The molecule has 3 heterocycles. The summed E-state index contributed by atoms with van der Waals surface area (Å²) in [5, 5.41) is 1.84. The highest BCUT2D eigenvalue weighted by molar-refractivity contribution is 8.14. The van der Waals surface area contributed by atoms with Crippen molar-refractivity contribution in [2.24, 2.45) is 0 Å². The maximum atomic E-state index is 13.1. The number of nitrogens with one attached hydrogen (secondary N) is 1. The van der Waals surface area contributed by atoms with Crippen LogP contribution in [0.15, 0.2) is 36.4 Å². The predicted molar refractivity (Wildman–Crippen MR) is 125 cm³/mol. The summed E-state index contributed by atoms with van der Waals surface area (Å²) in [6.45, 7) is 2.14. The first kappa shape index (κ1) is 21.8. The Labute approximate surface area is 198 Å². The molecule has 0 saturated carbocycles. The highest BCUT2D eigenvalue weighted by Crippen LogP contribution is 2.39. The van der Waals surface area contributed by atoms with Crippen LogP contribution in [0, 0.1) is 0 Å². The van der Waals surface area contributed by atoms with Crippen LogP contribution in [0.1, 0.15) is 28.4 Å². The van der Waals surface area contributed by atoms with Crippen LogP contribution in [0.5, 0.6) is 11.5 Å². The second-order valence-electron chi connectivity index (χ2n) is 7.92. The minimum absolute atomic E-state index is 0.0304. The van der Waals surface area contributed by atoms with Gasteiger partial charge in [0, 0.05) is 11.3 Å². The normalized spacial score (nSPS) is 21.7. The molecule has 2 aromatic rings. The third-order valence-corrected chi connectivity index (χ3v) is 7.89. The van der Waals surface area contributed by atoms with Crippen molar-refractivity contribution in [3.05, 3.63) is 53.1 Å². The number of thioether (sulfide) groups is 2. The van der Waals surface area contributed by atoms with Crippen molar-refractivity contribution in [2.75, 3.05) is 17.9 Å². The summed E-state index contributed by atoms with van der Waals surface area (Å²) in [7, 11) is 0. The molecule has 1 fully saturated rings. The number of carbonyl (C=O) groups is 4. The van der Waals surface area contributed by atoms with E-state index in [9.17, 15) is 19.2 Å². The number of anilines is 1. The smallest absolute Gasteiger partial charge is 0.289 e. The number of benzene rings is 2. The molecule has 0 spiro atoms. The Kier molecular flexibility index (Phi) is 5.79. The number of hydrogen-bond donors (Lipinski definition) is 1. The SMILES string of the molecule is C[C@@H]1S[C@@H](C(=O)Nc2ccc(CN3C(=O)CSC3=O)cc2)Cc2cc3c(cc2C1=O)OCO3. The first-order chi connectivity index (χ1) is 15.9. The van der Waals surface area contributed by atoms with E-state index >= 15 is 0 Å². The predicted octanol–water partition coefficient (Wildman–Crippen LogP) is 3.48. The molecular formula is C23H20N2O6S2. The number of ketones is 1. The van der Waals surface area contributed by atoms with Gasteiger partial charge in [-0.2, -0.15) is 0 Å². The van der Waals surface area contributed by atoms with E-state index in [4.69, 9.17) is 9.47 Å². The van der Waals surface area contributed by atoms with E-state index in [1.165, 1.54) is 16.7 Å². The summed E-state index contributed by atoms with van der Waals surface area (Å²) >= 11 is 2.34. The van der Waals surface area contributed by atoms with Crippen LogP contribution in [0.2, 0.25) is 0 Å². The van der Waals surface area contributed by atoms with Gasteiger partial charge in [-0.25, -0.2) is 0 Å². The number of fused-ring (bicyclic) bond motifs is 2.